The molecule has 1 unspecified atom stereocenters. The van der Waals surface area contributed by atoms with Crippen LogP contribution >= 0.6 is 15.9 Å². The third kappa shape index (κ3) is 7.73. The Balaban J connectivity index is 1.71. The van der Waals surface area contributed by atoms with E-state index in [0.717, 1.165) is 9.37 Å². The average Bonchev–Trinajstić information content (AvgIpc) is 2.69. The zero-order valence-corrected chi connectivity index (χ0v) is 17.6. The monoisotopic (exact) mass is 495 g/mol. The van der Waals surface area contributed by atoms with Gasteiger partial charge in [0.05, 0.1) is 0 Å². The predicted molar refractivity (Wildman–Crippen MR) is 102 cm³/mol. The summed E-state index contributed by atoms with van der Waals surface area (Å²) in [5.41, 5.74) is 4.59. The van der Waals surface area contributed by atoms with Gasteiger partial charge in [0.25, 0.3) is 5.91 Å². The van der Waals surface area contributed by atoms with Gasteiger partial charge in [-0.05, 0) is 38.0 Å². The molecule has 2 N–H and O–H groups in total. The first-order chi connectivity index (χ1) is 14.0. The maximum atomic E-state index is 12.2. The third-order valence-electron chi connectivity index (χ3n) is 4.27. The number of alkyl halides is 3. The number of halogens is 4. The molecule has 1 fully saturated rings. The van der Waals surface area contributed by atoms with E-state index < -0.39 is 42.7 Å². The lowest BCUT2D eigenvalue weighted by molar-refractivity contribution is -0.162. The van der Waals surface area contributed by atoms with Gasteiger partial charge < -0.3 is 14.4 Å². The van der Waals surface area contributed by atoms with Gasteiger partial charge in [-0.15, -0.1) is 0 Å². The lowest BCUT2D eigenvalue weighted by atomic mass is 9.96. The first-order valence-corrected chi connectivity index (χ1v) is 9.85. The van der Waals surface area contributed by atoms with Crippen molar-refractivity contribution in [1.82, 2.24) is 15.8 Å². The fraction of sp³-hybridized carbons (Fsp3) is 0.500. The van der Waals surface area contributed by atoms with Crippen molar-refractivity contribution in [3.05, 3.63) is 28.7 Å². The topological polar surface area (TPSA) is 97.0 Å². The van der Waals surface area contributed by atoms with Gasteiger partial charge in [0, 0.05) is 23.5 Å². The van der Waals surface area contributed by atoms with Gasteiger partial charge in [-0.25, -0.2) is 4.79 Å². The summed E-state index contributed by atoms with van der Waals surface area (Å²) in [6.45, 7) is 0.0160. The van der Waals surface area contributed by atoms with Gasteiger partial charge in [0.2, 0.25) is 5.91 Å². The van der Waals surface area contributed by atoms with Crippen LogP contribution in [0.1, 0.15) is 19.8 Å². The number of nitrogens with zero attached hydrogens (tertiary/aromatic N) is 1. The van der Waals surface area contributed by atoms with Crippen LogP contribution in [0.25, 0.3) is 0 Å². The third-order valence-corrected chi connectivity index (χ3v) is 4.76. The summed E-state index contributed by atoms with van der Waals surface area (Å²) in [7, 11) is 0. The number of carbonyl (C=O) groups excluding carboxylic acids is 3. The Hall–Kier alpha value is -2.50. The van der Waals surface area contributed by atoms with Crippen molar-refractivity contribution in [3.8, 4) is 5.75 Å². The molecule has 2 rings (SSSR count). The summed E-state index contributed by atoms with van der Waals surface area (Å²) >= 11 is 3.29. The standard InChI is InChI=1S/C18H21BrF3N3O5/c1-11(30-14-4-2-3-13(19)9-14)15(26)23-24-16(27)12-5-7-25(8-6-12)17(28)29-10-18(20,21)22/h2-4,9,11-12H,5-8,10H2,1H3,(H,23,26)(H,24,27). The van der Waals surface area contributed by atoms with E-state index >= 15 is 0 Å². The van der Waals surface area contributed by atoms with E-state index in [1.807, 2.05) is 0 Å². The summed E-state index contributed by atoms with van der Waals surface area (Å²) < 4.78 is 46.8. The Bertz CT molecular complexity index is 770. The Labute approximate surface area is 179 Å². The molecule has 12 heteroatoms. The van der Waals surface area contributed by atoms with Crippen molar-refractivity contribution in [3.63, 3.8) is 0 Å². The molecule has 0 spiro atoms. The molecule has 0 aliphatic carbocycles. The minimum atomic E-state index is -4.59. The van der Waals surface area contributed by atoms with E-state index in [2.05, 4.69) is 31.5 Å². The van der Waals surface area contributed by atoms with Crippen LogP contribution in [0, 0.1) is 5.92 Å². The summed E-state index contributed by atoms with van der Waals surface area (Å²) in [5, 5.41) is 0. The normalized spacial score (nSPS) is 15.8. The van der Waals surface area contributed by atoms with Crippen LogP contribution in [0.2, 0.25) is 0 Å². The van der Waals surface area contributed by atoms with Gasteiger partial charge in [0.1, 0.15) is 5.75 Å². The molecule has 1 aliphatic rings. The van der Waals surface area contributed by atoms with Crippen LogP contribution in [0.5, 0.6) is 5.75 Å². The second-order valence-electron chi connectivity index (χ2n) is 6.63. The summed E-state index contributed by atoms with van der Waals surface area (Å²) in [4.78, 5) is 37.0. The lowest BCUT2D eigenvalue weighted by Crippen LogP contribution is -2.51. The molecular formula is C18H21BrF3N3O5. The molecule has 1 aromatic carbocycles. The number of hydrogen-bond acceptors (Lipinski definition) is 5. The van der Waals surface area contributed by atoms with Crippen molar-refractivity contribution < 1.29 is 37.0 Å². The number of rotatable bonds is 5. The van der Waals surface area contributed by atoms with Crippen LogP contribution < -0.4 is 15.6 Å². The molecule has 1 heterocycles. The molecule has 3 amide bonds. The molecule has 8 nitrogen and oxygen atoms in total. The van der Waals surface area contributed by atoms with E-state index in [9.17, 15) is 27.6 Å². The first kappa shape index (κ1) is 23.8. The zero-order valence-electron chi connectivity index (χ0n) is 16.0. The maximum absolute atomic E-state index is 12.2. The van der Waals surface area contributed by atoms with Crippen molar-refractivity contribution in [2.24, 2.45) is 5.92 Å². The molecule has 1 atom stereocenters. The number of ether oxygens (including phenoxy) is 2. The second kappa shape index (κ2) is 10.5. The van der Waals surface area contributed by atoms with Crippen LogP contribution in [0.15, 0.2) is 28.7 Å². The largest absolute Gasteiger partial charge is 0.481 e. The number of carbonyl (C=O) groups is 3. The lowest BCUT2D eigenvalue weighted by Gasteiger charge is -2.30. The fourth-order valence-corrected chi connectivity index (χ4v) is 3.06. The number of benzene rings is 1. The van der Waals surface area contributed by atoms with Crippen molar-refractivity contribution in [2.45, 2.75) is 32.0 Å². The predicted octanol–water partition coefficient (Wildman–Crippen LogP) is 2.77. The highest BCUT2D eigenvalue weighted by Crippen LogP contribution is 2.20. The molecule has 0 aromatic heterocycles. The molecule has 0 bridgehead atoms. The van der Waals surface area contributed by atoms with Gasteiger partial charge in [-0.2, -0.15) is 13.2 Å². The average molecular weight is 496 g/mol. The van der Waals surface area contributed by atoms with Gasteiger partial charge in [0.15, 0.2) is 12.7 Å². The van der Waals surface area contributed by atoms with E-state index in [1.54, 1.807) is 24.3 Å². The van der Waals surface area contributed by atoms with Crippen molar-refractivity contribution in [1.29, 1.82) is 0 Å². The van der Waals surface area contributed by atoms with Crippen LogP contribution in [0.4, 0.5) is 18.0 Å². The number of hydrogen-bond donors (Lipinski definition) is 2. The Morgan fingerprint density at radius 1 is 1.23 bits per heavy atom. The first-order valence-electron chi connectivity index (χ1n) is 9.05. The fourth-order valence-electron chi connectivity index (χ4n) is 2.68. The number of likely N-dealkylation sites (tertiary alicyclic amines) is 1. The van der Waals surface area contributed by atoms with E-state index in [1.165, 1.54) is 6.92 Å². The Kier molecular flexibility index (Phi) is 8.33. The molecule has 1 aliphatic heterocycles. The smallest absolute Gasteiger partial charge is 0.422 e. The molecule has 1 saturated heterocycles. The number of amides is 3. The molecular weight excluding hydrogens is 475 g/mol. The molecule has 166 valence electrons. The summed E-state index contributed by atoms with van der Waals surface area (Å²) in [6, 6.07) is 6.92. The number of hydrazine groups is 1. The highest BCUT2D eigenvalue weighted by molar-refractivity contribution is 9.10. The number of nitrogens with one attached hydrogen (secondary N) is 2. The van der Waals surface area contributed by atoms with Crippen molar-refractivity contribution in [2.75, 3.05) is 19.7 Å². The van der Waals surface area contributed by atoms with Gasteiger partial charge in [-0.1, -0.05) is 22.0 Å². The maximum Gasteiger partial charge on any atom is 0.422 e. The highest BCUT2D eigenvalue weighted by atomic mass is 79.9. The molecule has 0 saturated carbocycles. The molecule has 30 heavy (non-hydrogen) atoms. The SMILES string of the molecule is CC(Oc1cccc(Br)c1)C(=O)NNC(=O)C1CCN(C(=O)OCC(F)(F)F)CC1. The number of piperidine rings is 1. The summed E-state index contributed by atoms with van der Waals surface area (Å²) in [6.07, 6.45) is -6.08. The molecule has 0 radical (unpaired) electrons. The van der Waals surface area contributed by atoms with E-state index in [0.29, 0.717) is 5.75 Å². The van der Waals surface area contributed by atoms with E-state index in [4.69, 9.17) is 4.74 Å². The zero-order chi connectivity index (χ0) is 22.3. The Morgan fingerprint density at radius 2 is 1.90 bits per heavy atom. The minimum absolute atomic E-state index is 0.0745. The van der Waals surface area contributed by atoms with Crippen LogP contribution in [0.3, 0.4) is 0 Å². The molecule has 1 aromatic rings. The van der Waals surface area contributed by atoms with Crippen molar-refractivity contribution >= 4 is 33.8 Å². The second-order valence-corrected chi connectivity index (χ2v) is 7.54. The quantitative estimate of drug-likeness (QED) is 0.612. The van der Waals surface area contributed by atoms with Crippen LogP contribution in [-0.4, -0.2) is 54.8 Å². The minimum Gasteiger partial charge on any atom is -0.481 e. The highest BCUT2D eigenvalue weighted by Gasteiger charge is 2.33. The van der Waals surface area contributed by atoms with Crippen LogP contribution in [-0.2, 0) is 14.3 Å². The van der Waals surface area contributed by atoms with E-state index in [-0.39, 0.29) is 25.9 Å². The summed E-state index contributed by atoms with van der Waals surface area (Å²) in [5.74, 6) is -1.04. The van der Waals surface area contributed by atoms with Gasteiger partial charge >= 0.3 is 12.3 Å². The Morgan fingerprint density at radius 3 is 2.50 bits per heavy atom. The van der Waals surface area contributed by atoms with Gasteiger partial charge in [-0.3, -0.25) is 20.4 Å².